The van der Waals surface area contributed by atoms with Crippen LogP contribution in [-0.2, 0) is 10.0 Å². The molecule has 0 fully saturated rings. The Kier molecular flexibility index (Phi) is 4.45. The van der Waals surface area contributed by atoms with Crippen LogP contribution < -0.4 is 4.72 Å². The molecule has 0 bridgehead atoms. The lowest BCUT2D eigenvalue weighted by molar-refractivity contribution is 0.0697. The number of anilines is 1. The average Bonchev–Trinajstić information content (AvgIpc) is 2.26. The molecule has 0 aromatic carbocycles. The normalized spacial score (nSPS) is 11.1. The fraction of sp³-hybridized carbons (Fsp3) is 0.400. The lowest BCUT2D eigenvalue weighted by Gasteiger charge is -2.06. The monoisotopic (exact) mass is 258 g/mol. The molecule has 1 rings (SSSR count). The molecule has 1 aromatic rings. The number of pyridine rings is 1. The van der Waals surface area contributed by atoms with Crippen molar-refractivity contribution in [3.63, 3.8) is 0 Å². The van der Waals surface area contributed by atoms with Gasteiger partial charge >= 0.3 is 5.97 Å². The van der Waals surface area contributed by atoms with E-state index in [1.807, 2.05) is 6.92 Å². The van der Waals surface area contributed by atoms with Gasteiger partial charge < -0.3 is 5.11 Å². The summed E-state index contributed by atoms with van der Waals surface area (Å²) in [7, 11) is -3.44. The Labute approximate surface area is 99.7 Å². The topological polar surface area (TPSA) is 96.4 Å². The largest absolute Gasteiger partial charge is 0.478 e. The first kappa shape index (κ1) is 13.4. The van der Waals surface area contributed by atoms with Crippen molar-refractivity contribution in [3.05, 3.63) is 23.9 Å². The number of sulfonamides is 1. The van der Waals surface area contributed by atoms with Crippen molar-refractivity contribution < 1.29 is 18.3 Å². The van der Waals surface area contributed by atoms with Gasteiger partial charge in [-0.25, -0.2) is 18.2 Å². The molecule has 0 radical (unpaired) electrons. The van der Waals surface area contributed by atoms with Crippen LogP contribution >= 0.6 is 0 Å². The van der Waals surface area contributed by atoms with Crippen LogP contribution in [0.2, 0.25) is 0 Å². The highest BCUT2D eigenvalue weighted by molar-refractivity contribution is 7.92. The maximum atomic E-state index is 11.5. The number of nitrogens with zero attached hydrogens (tertiary/aromatic N) is 1. The van der Waals surface area contributed by atoms with Crippen LogP contribution in [-0.4, -0.2) is 30.2 Å². The fourth-order valence-electron chi connectivity index (χ4n) is 1.16. The Morgan fingerprint density at radius 3 is 2.82 bits per heavy atom. The zero-order valence-corrected chi connectivity index (χ0v) is 10.2. The molecule has 1 aromatic heterocycles. The number of carboxylic acids is 1. The van der Waals surface area contributed by atoms with E-state index in [9.17, 15) is 13.2 Å². The molecule has 6 nitrogen and oxygen atoms in total. The maximum absolute atomic E-state index is 11.5. The summed E-state index contributed by atoms with van der Waals surface area (Å²) in [5, 5.41) is 8.74. The quantitative estimate of drug-likeness (QED) is 0.802. The van der Waals surface area contributed by atoms with Crippen molar-refractivity contribution in [1.29, 1.82) is 0 Å². The lowest BCUT2D eigenvalue weighted by Crippen LogP contribution is -2.17. The van der Waals surface area contributed by atoms with E-state index in [0.29, 0.717) is 6.42 Å². The van der Waals surface area contributed by atoms with Gasteiger partial charge in [-0.2, -0.15) is 0 Å². The van der Waals surface area contributed by atoms with Crippen molar-refractivity contribution >= 4 is 21.8 Å². The number of hydrogen-bond acceptors (Lipinski definition) is 4. The smallest absolute Gasteiger partial charge is 0.335 e. The van der Waals surface area contributed by atoms with Gasteiger partial charge in [0.1, 0.15) is 5.82 Å². The van der Waals surface area contributed by atoms with Gasteiger partial charge in [0.25, 0.3) is 0 Å². The van der Waals surface area contributed by atoms with Gasteiger partial charge in [0.2, 0.25) is 10.0 Å². The highest BCUT2D eigenvalue weighted by Crippen LogP contribution is 2.09. The Balaban J connectivity index is 2.81. The molecule has 0 amide bonds. The molecular weight excluding hydrogens is 244 g/mol. The van der Waals surface area contributed by atoms with Crippen LogP contribution in [0.4, 0.5) is 5.82 Å². The van der Waals surface area contributed by atoms with E-state index >= 15 is 0 Å². The van der Waals surface area contributed by atoms with Crippen LogP contribution in [0.5, 0.6) is 0 Å². The Morgan fingerprint density at radius 2 is 2.24 bits per heavy atom. The lowest BCUT2D eigenvalue weighted by atomic mass is 10.3. The highest BCUT2D eigenvalue weighted by atomic mass is 32.2. The number of hydrogen-bond donors (Lipinski definition) is 2. The molecule has 94 valence electrons. The molecular formula is C10H14N2O4S. The predicted octanol–water partition coefficient (Wildman–Crippen LogP) is 1.32. The standard InChI is InChI=1S/C10H14N2O4S/c1-2-3-6-17(15,16)12-9-7-8(10(13)14)4-5-11-9/h4-5,7H,2-3,6H2,1H3,(H,11,12)(H,13,14). The van der Waals surface area contributed by atoms with Gasteiger partial charge in [-0.15, -0.1) is 0 Å². The van der Waals surface area contributed by atoms with E-state index in [-0.39, 0.29) is 17.1 Å². The van der Waals surface area contributed by atoms with Crippen LogP contribution in [0, 0.1) is 0 Å². The second-order valence-electron chi connectivity index (χ2n) is 3.51. The van der Waals surface area contributed by atoms with Gasteiger partial charge in [-0.3, -0.25) is 4.72 Å². The van der Waals surface area contributed by atoms with Gasteiger partial charge in [0, 0.05) is 6.20 Å². The van der Waals surface area contributed by atoms with Gasteiger partial charge in [-0.05, 0) is 18.6 Å². The molecule has 1 heterocycles. The molecule has 0 saturated carbocycles. The summed E-state index contributed by atoms with van der Waals surface area (Å²) < 4.78 is 25.3. The van der Waals surface area contributed by atoms with Crippen molar-refractivity contribution in [2.24, 2.45) is 0 Å². The summed E-state index contributed by atoms with van der Waals surface area (Å²) in [5.41, 5.74) is -0.00630. The fourth-order valence-corrected chi connectivity index (χ4v) is 2.37. The summed E-state index contributed by atoms with van der Waals surface area (Å²) in [5.74, 6) is -1.09. The van der Waals surface area contributed by atoms with E-state index in [1.54, 1.807) is 0 Å². The molecule has 0 saturated heterocycles. The molecule has 17 heavy (non-hydrogen) atoms. The zero-order valence-electron chi connectivity index (χ0n) is 9.38. The number of nitrogens with one attached hydrogen (secondary N) is 1. The zero-order chi connectivity index (χ0) is 12.9. The first-order valence-corrected chi connectivity index (χ1v) is 6.79. The SMILES string of the molecule is CCCCS(=O)(=O)Nc1cc(C(=O)O)ccn1. The minimum Gasteiger partial charge on any atom is -0.478 e. The van der Waals surface area contributed by atoms with E-state index in [2.05, 4.69) is 9.71 Å². The number of aromatic carboxylic acids is 1. The summed E-state index contributed by atoms with van der Waals surface area (Å²) in [4.78, 5) is 14.4. The maximum Gasteiger partial charge on any atom is 0.335 e. The van der Waals surface area contributed by atoms with Crippen LogP contribution in [0.25, 0.3) is 0 Å². The summed E-state index contributed by atoms with van der Waals surface area (Å²) in [6, 6.07) is 2.48. The molecule has 0 spiro atoms. The van der Waals surface area contributed by atoms with Crippen LogP contribution in [0.1, 0.15) is 30.1 Å². The van der Waals surface area contributed by atoms with Gasteiger partial charge in [0.15, 0.2) is 0 Å². The molecule has 0 aliphatic heterocycles. The van der Waals surface area contributed by atoms with Gasteiger partial charge in [0.05, 0.1) is 11.3 Å². The van der Waals surface area contributed by atoms with E-state index < -0.39 is 16.0 Å². The first-order chi connectivity index (χ1) is 7.94. The van der Waals surface area contributed by atoms with Crippen LogP contribution in [0.15, 0.2) is 18.3 Å². The average molecular weight is 258 g/mol. The molecule has 2 N–H and O–H groups in total. The van der Waals surface area contributed by atoms with E-state index in [0.717, 1.165) is 6.42 Å². The molecule has 0 aliphatic rings. The second kappa shape index (κ2) is 5.62. The van der Waals surface area contributed by atoms with E-state index in [4.69, 9.17) is 5.11 Å². The van der Waals surface area contributed by atoms with Crippen molar-refractivity contribution in [2.45, 2.75) is 19.8 Å². The summed E-state index contributed by atoms with van der Waals surface area (Å²) >= 11 is 0. The number of aromatic nitrogens is 1. The number of carboxylic acid groups (broad SMARTS) is 1. The summed E-state index contributed by atoms with van der Waals surface area (Å²) in [6.07, 6.45) is 2.57. The third-order valence-corrected chi connectivity index (χ3v) is 3.38. The van der Waals surface area contributed by atoms with Crippen molar-refractivity contribution in [2.75, 3.05) is 10.5 Å². The number of unbranched alkanes of at least 4 members (excludes halogenated alkanes) is 1. The highest BCUT2D eigenvalue weighted by Gasteiger charge is 2.11. The Morgan fingerprint density at radius 1 is 1.53 bits per heavy atom. The van der Waals surface area contributed by atoms with Gasteiger partial charge in [-0.1, -0.05) is 13.3 Å². The second-order valence-corrected chi connectivity index (χ2v) is 5.35. The molecule has 0 unspecified atom stereocenters. The van der Waals surface area contributed by atoms with E-state index in [1.165, 1.54) is 18.3 Å². The Hall–Kier alpha value is -1.63. The number of rotatable bonds is 6. The minimum atomic E-state index is -3.44. The molecule has 0 aliphatic carbocycles. The molecule has 0 atom stereocenters. The minimum absolute atomic E-state index is 0.00246. The van der Waals surface area contributed by atoms with Crippen molar-refractivity contribution in [3.8, 4) is 0 Å². The third kappa shape index (κ3) is 4.39. The van der Waals surface area contributed by atoms with Crippen LogP contribution in [0.3, 0.4) is 0 Å². The Bertz CT molecular complexity index is 499. The number of carbonyl (C=O) groups is 1. The van der Waals surface area contributed by atoms with Crippen molar-refractivity contribution in [1.82, 2.24) is 4.98 Å². The first-order valence-electron chi connectivity index (χ1n) is 5.14. The molecule has 7 heteroatoms. The third-order valence-electron chi connectivity index (χ3n) is 2.03. The summed E-state index contributed by atoms with van der Waals surface area (Å²) in [6.45, 7) is 1.89. The predicted molar refractivity (Wildman–Crippen MR) is 63.5 cm³/mol.